The summed E-state index contributed by atoms with van der Waals surface area (Å²) in [7, 11) is 0. The first-order valence-electron chi connectivity index (χ1n) is 11.0. The summed E-state index contributed by atoms with van der Waals surface area (Å²) < 4.78 is 1.62. The smallest absolute Gasteiger partial charge is 0.245 e. The minimum absolute atomic E-state index is 0.0875. The normalized spacial score (nSPS) is 12.7. The Labute approximate surface area is 221 Å². The number of nitrogens with zero attached hydrogens (tertiary/aromatic N) is 3. The Kier molecular flexibility index (Phi) is 6.84. The molecule has 36 heavy (non-hydrogen) atoms. The predicted octanol–water partition coefficient (Wildman–Crippen LogP) is 6.09. The van der Waals surface area contributed by atoms with Crippen molar-refractivity contribution in [3.63, 3.8) is 0 Å². The highest BCUT2D eigenvalue weighted by Gasteiger charge is 2.35. The van der Waals surface area contributed by atoms with E-state index in [1.807, 2.05) is 60.7 Å². The predicted molar refractivity (Wildman–Crippen MR) is 140 cm³/mol. The highest BCUT2D eigenvalue weighted by Crippen LogP contribution is 2.44. The van der Waals surface area contributed by atoms with Crippen molar-refractivity contribution in [2.24, 2.45) is 5.92 Å². The van der Waals surface area contributed by atoms with E-state index in [4.69, 9.17) is 23.2 Å². The van der Waals surface area contributed by atoms with Crippen molar-refractivity contribution < 1.29 is 9.59 Å². The summed E-state index contributed by atoms with van der Waals surface area (Å²) in [6, 6.07) is 24.0. The first-order chi connectivity index (χ1) is 17.5. The number of thioether (sulfide) groups is 1. The lowest BCUT2D eigenvalue weighted by atomic mass is 9.97. The van der Waals surface area contributed by atoms with E-state index in [0.717, 1.165) is 16.0 Å². The second kappa shape index (κ2) is 10.2. The molecule has 0 spiro atoms. The molecule has 0 saturated heterocycles. The summed E-state index contributed by atoms with van der Waals surface area (Å²) in [6.45, 7) is 0.210. The Morgan fingerprint density at radius 3 is 2.47 bits per heavy atom. The number of halogens is 2. The Balaban J connectivity index is 1.56. The third kappa shape index (κ3) is 4.63. The summed E-state index contributed by atoms with van der Waals surface area (Å²) in [5.74, 6) is -2.38. The highest BCUT2D eigenvalue weighted by atomic mass is 35.5. The average Bonchev–Trinajstić information content (AvgIpc) is 3.28. The van der Waals surface area contributed by atoms with Crippen LogP contribution in [-0.2, 0) is 17.1 Å². The number of benzene rings is 3. The van der Waals surface area contributed by atoms with Crippen LogP contribution in [0.5, 0.6) is 0 Å². The van der Waals surface area contributed by atoms with Crippen LogP contribution >= 0.6 is 35.0 Å². The van der Waals surface area contributed by atoms with E-state index in [2.05, 4.69) is 10.4 Å². The molecule has 0 fully saturated rings. The van der Waals surface area contributed by atoms with Crippen molar-refractivity contribution in [1.82, 2.24) is 15.1 Å². The lowest BCUT2D eigenvalue weighted by Crippen LogP contribution is -2.34. The zero-order chi connectivity index (χ0) is 25.2. The van der Waals surface area contributed by atoms with Gasteiger partial charge in [-0.2, -0.15) is 10.4 Å². The molecule has 1 amide bonds. The van der Waals surface area contributed by atoms with Gasteiger partial charge in [-0.05, 0) is 29.8 Å². The number of amides is 1. The van der Waals surface area contributed by atoms with Gasteiger partial charge in [-0.25, -0.2) is 4.68 Å². The maximum absolute atomic E-state index is 13.6. The Morgan fingerprint density at radius 2 is 1.75 bits per heavy atom. The van der Waals surface area contributed by atoms with Crippen molar-refractivity contribution in [3.05, 3.63) is 99.7 Å². The molecule has 1 aliphatic rings. The molecule has 0 aliphatic carbocycles. The van der Waals surface area contributed by atoms with Crippen molar-refractivity contribution in [3.8, 4) is 23.0 Å². The number of ketones is 1. The van der Waals surface area contributed by atoms with Gasteiger partial charge < -0.3 is 5.32 Å². The van der Waals surface area contributed by atoms with Crippen LogP contribution < -0.4 is 5.32 Å². The van der Waals surface area contributed by atoms with E-state index >= 15 is 0 Å². The molecule has 4 aromatic rings. The molecule has 1 N–H and O–H groups in total. The monoisotopic (exact) mass is 532 g/mol. The van der Waals surface area contributed by atoms with Gasteiger partial charge in [0, 0.05) is 38.4 Å². The summed E-state index contributed by atoms with van der Waals surface area (Å²) in [5.41, 5.74) is 3.80. The fourth-order valence-electron chi connectivity index (χ4n) is 4.11. The molecule has 0 bridgehead atoms. The van der Waals surface area contributed by atoms with E-state index in [1.165, 1.54) is 0 Å². The third-order valence-corrected chi connectivity index (χ3v) is 7.32. The first-order valence-corrected chi connectivity index (χ1v) is 12.8. The number of nitriles is 1. The van der Waals surface area contributed by atoms with E-state index in [0.29, 0.717) is 32.7 Å². The molecule has 5 rings (SSSR count). The van der Waals surface area contributed by atoms with Crippen LogP contribution in [0.2, 0.25) is 10.0 Å². The molecule has 178 valence electrons. The van der Waals surface area contributed by atoms with Crippen LogP contribution in [0, 0.1) is 17.2 Å². The molecule has 0 saturated carbocycles. The van der Waals surface area contributed by atoms with Crippen LogP contribution in [0.3, 0.4) is 0 Å². The highest BCUT2D eigenvalue weighted by molar-refractivity contribution is 7.98. The molecule has 9 heteroatoms. The fraction of sp³-hybridized carbons (Fsp3) is 0.111. The van der Waals surface area contributed by atoms with Crippen molar-refractivity contribution in [1.29, 1.82) is 5.26 Å². The Hall–Kier alpha value is -3.57. The number of rotatable bonds is 6. The van der Waals surface area contributed by atoms with Gasteiger partial charge in [0.15, 0.2) is 5.92 Å². The number of hydrogen-bond acceptors (Lipinski definition) is 5. The standard InChI is InChI=1S/C27H18Cl2N4O2S/c28-17-10-18(29)12-19(11-17)33-25-20-8-4-5-9-23(20)36-15-22(25)24(32-33)26(34)21(13-30)27(35)31-14-16-6-2-1-3-7-16/h1-12,21H,14-15H2,(H,31,35). The number of hydrogen-bond donors (Lipinski definition) is 1. The maximum Gasteiger partial charge on any atom is 0.245 e. The second-order valence-corrected chi connectivity index (χ2v) is 10.0. The Morgan fingerprint density at radius 1 is 1.06 bits per heavy atom. The van der Waals surface area contributed by atoms with Gasteiger partial charge >= 0.3 is 0 Å². The van der Waals surface area contributed by atoms with Crippen molar-refractivity contribution in [2.45, 2.75) is 17.2 Å². The molecule has 1 unspecified atom stereocenters. The number of Topliss-reactive ketones (excluding diaryl/α,β-unsaturated/α-hetero) is 1. The van der Waals surface area contributed by atoms with E-state index < -0.39 is 17.6 Å². The zero-order valence-electron chi connectivity index (χ0n) is 18.7. The molecule has 0 radical (unpaired) electrons. The molecular formula is C27H18Cl2N4O2S. The van der Waals surface area contributed by atoms with Gasteiger partial charge in [0.25, 0.3) is 0 Å². The minimum Gasteiger partial charge on any atom is -0.350 e. The van der Waals surface area contributed by atoms with Crippen molar-refractivity contribution >= 4 is 46.7 Å². The molecule has 1 aromatic heterocycles. The fourth-order valence-corrected chi connectivity index (χ4v) is 5.69. The van der Waals surface area contributed by atoms with Crippen LogP contribution in [0.4, 0.5) is 0 Å². The van der Waals surface area contributed by atoms with Gasteiger partial charge in [-0.15, -0.1) is 11.8 Å². The quantitative estimate of drug-likeness (QED) is 0.239. The molecule has 2 heterocycles. The first kappa shape index (κ1) is 24.1. The van der Waals surface area contributed by atoms with Crippen molar-refractivity contribution in [2.75, 3.05) is 0 Å². The number of fused-ring (bicyclic) bond motifs is 3. The van der Waals surface area contributed by atoms with Gasteiger partial charge in [0.1, 0.15) is 5.69 Å². The van der Waals surface area contributed by atoms with E-state index in [-0.39, 0.29) is 12.2 Å². The number of carbonyl (C=O) groups is 2. The molecule has 6 nitrogen and oxygen atoms in total. The number of nitrogens with one attached hydrogen (secondary N) is 1. The topological polar surface area (TPSA) is 87.8 Å². The summed E-state index contributed by atoms with van der Waals surface area (Å²) >= 11 is 14.1. The SMILES string of the molecule is N#CC(C(=O)NCc1ccccc1)C(=O)c1nn(-c2cc(Cl)cc(Cl)c2)c2c1CSc1ccccc1-2. The summed E-state index contributed by atoms with van der Waals surface area (Å²) in [5, 5.41) is 17.9. The van der Waals surface area contributed by atoms with Gasteiger partial charge in [-0.1, -0.05) is 71.7 Å². The molecule has 1 atom stereocenters. The lowest BCUT2D eigenvalue weighted by molar-refractivity contribution is -0.122. The van der Waals surface area contributed by atoms with Gasteiger partial charge in [-0.3, -0.25) is 9.59 Å². The van der Waals surface area contributed by atoms with Crippen LogP contribution in [0.25, 0.3) is 16.9 Å². The lowest BCUT2D eigenvalue weighted by Gasteiger charge is -2.18. The third-order valence-electron chi connectivity index (χ3n) is 5.79. The zero-order valence-corrected chi connectivity index (χ0v) is 21.1. The van der Waals surface area contributed by atoms with E-state index in [1.54, 1.807) is 34.6 Å². The number of carbonyl (C=O) groups excluding carboxylic acids is 2. The average molecular weight is 533 g/mol. The summed E-state index contributed by atoms with van der Waals surface area (Å²) in [6.07, 6.45) is 0. The van der Waals surface area contributed by atoms with Gasteiger partial charge in [0.05, 0.1) is 17.5 Å². The Bertz CT molecular complexity index is 1510. The molecule has 1 aliphatic heterocycles. The largest absolute Gasteiger partial charge is 0.350 e. The van der Waals surface area contributed by atoms with Crippen LogP contribution in [-0.4, -0.2) is 21.5 Å². The molecule has 3 aromatic carbocycles. The van der Waals surface area contributed by atoms with Gasteiger partial charge in [0.2, 0.25) is 11.7 Å². The van der Waals surface area contributed by atoms with Crippen LogP contribution in [0.1, 0.15) is 21.6 Å². The maximum atomic E-state index is 13.6. The second-order valence-electron chi connectivity index (χ2n) is 8.13. The van der Waals surface area contributed by atoms with Crippen LogP contribution in [0.15, 0.2) is 77.7 Å². The van der Waals surface area contributed by atoms with E-state index in [9.17, 15) is 14.9 Å². The molecular weight excluding hydrogens is 515 g/mol. The minimum atomic E-state index is -1.54. The number of aromatic nitrogens is 2. The summed E-state index contributed by atoms with van der Waals surface area (Å²) in [4.78, 5) is 27.5.